The lowest BCUT2D eigenvalue weighted by molar-refractivity contribution is -0.151. The predicted molar refractivity (Wildman–Crippen MR) is 99.1 cm³/mol. The van der Waals surface area contributed by atoms with E-state index in [-0.39, 0.29) is 32.5 Å². The summed E-state index contributed by atoms with van der Waals surface area (Å²) < 4.78 is 83.2. The van der Waals surface area contributed by atoms with E-state index in [9.17, 15) is 30.8 Å². The molecule has 2 aromatic rings. The molecule has 10 heteroatoms. The second-order valence-corrected chi connectivity index (χ2v) is 8.88. The summed E-state index contributed by atoms with van der Waals surface area (Å²) in [5, 5.41) is 0. The fourth-order valence-corrected chi connectivity index (χ4v) is 4.68. The van der Waals surface area contributed by atoms with Gasteiger partial charge in [0.05, 0.1) is 16.4 Å². The predicted octanol–water partition coefficient (Wildman–Crippen LogP) is 3.99. The molecule has 0 spiro atoms. The van der Waals surface area contributed by atoms with Gasteiger partial charge in [0.25, 0.3) is 0 Å². The normalized spacial score (nSPS) is 16.4. The van der Waals surface area contributed by atoms with Crippen LogP contribution < -0.4 is 0 Å². The number of hydrogen-bond donors (Lipinski definition) is 0. The molecular formula is C20H19F4NO4S. The molecule has 1 aliphatic heterocycles. The van der Waals surface area contributed by atoms with Gasteiger partial charge in [0, 0.05) is 13.1 Å². The van der Waals surface area contributed by atoms with E-state index >= 15 is 0 Å². The summed E-state index contributed by atoms with van der Waals surface area (Å²) in [6.07, 6.45) is -4.26. The summed E-state index contributed by atoms with van der Waals surface area (Å²) in [5.74, 6) is -1.41. The van der Waals surface area contributed by atoms with Gasteiger partial charge in [0.2, 0.25) is 10.0 Å². The van der Waals surface area contributed by atoms with Crippen LogP contribution in [0.5, 0.6) is 0 Å². The van der Waals surface area contributed by atoms with E-state index < -0.39 is 44.4 Å². The molecule has 1 aliphatic rings. The molecule has 3 rings (SSSR count). The van der Waals surface area contributed by atoms with Crippen molar-refractivity contribution in [3.8, 4) is 0 Å². The van der Waals surface area contributed by atoms with Crippen molar-refractivity contribution in [2.75, 3.05) is 13.1 Å². The van der Waals surface area contributed by atoms with Gasteiger partial charge in [-0.05, 0) is 48.7 Å². The highest BCUT2D eigenvalue weighted by Crippen LogP contribution is 2.32. The molecule has 0 aliphatic carbocycles. The topological polar surface area (TPSA) is 63.7 Å². The Kier molecular flexibility index (Phi) is 6.47. The third kappa shape index (κ3) is 5.17. The van der Waals surface area contributed by atoms with Crippen molar-refractivity contribution in [1.29, 1.82) is 0 Å². The molecule has 0 saturated carbocycles. The van der Waals surface area contributed by atoms with Crippen LogP contribution in [0.3, 0.4) is 0 Å². The molecule has 0 amide bonds. The second kappa shape index (κ2) is 8.73. The van der Waals surface area contributed by atoms with Crippen molar-refractivity contribution in [3.05, 3.63) is 65.5 Å². The monoisotopic (exact) mass is 445 g/mol. The minimum atomic E-state index is -4.65. The van der Waals surface area contributed by atoms with Gasteiger partial charge in [-0.1, -0.05) is 18.2 Å². The Morgan fingerprint density at radius 3 is 2.30 bits per heavy atom. The van der Waals surface area contributed by atoms with Crippen LogP contribution in [-0.4, -0.2) is 31.8 Å². The number of esters is 1. The van der Waals surface area contributed by atoms with Crippen LogP contribution in [0.15, 0.2) is 53.4 Å². The van der Waals surface area contributed by atoms with Gasteiger partial charge in [0.1, 0.15) is 12.4 Å². The molecule has 5 nitrogen and oxygen atoms in total. The van der Waals surface area contributed by atoms with Crippen LogP contribution in [0.2, 0.25) is 0 Å². The molecular weight excluding hydrogens is 426 g/mol. The Balaban J connectivity index is 1.59. The van der Waals surface area contributed by atoms with E-state index in [1.807, 2.05) is 0 Å². The van der Waals surface area contributed by atoms with E-state index in [0.29, 0.717) is 11.6 Å². The highest BCUT2D eigenvalue weighted by Gasteiger charge is 2.35. The summed E-state index contributed by atoms with van der Waals surface area (Å²) in [5.41, 5.74) is -0.419. The van der Waals surface area contributed by atoms with Crippen LogP contribution in [0.1, 0.15) is 24.0 Å². The van der Waals surface area contributed by atoms with Crippen molar-refractivity contribution in [3.63, 3.8) is 0 Å². The first kappa shape index (κ1) is 22.2. The summed E-state index contributed by atoms with van der Waals surface area (Å²) in [6.45, 7) is -0.0361. The molecule has 0 radical (unpaired) electrons. The molecule has 1 saturated heterocycles. The Bertz CT molecular complexity index is 998. The Labute approximate surface area is 171 Å². The molecule has 1 fully saturated rings. The van der Waals surface area contributed by atoms with E-state index in [1.54, 1.807) is 0 Å². The highest BCUT2D eigenvalue weighted by molar-refractivity contribution is 7.89. The number of ether oxygens (including phenoxy) is 1. The third-order valence-electron chi connectivity index (χ3n) is 4.88. The van der Waals surface area contributed by atoms with Crippen LogP contribution in [0.25, 0.3) is 0 Å². The molecule has 0 bridgehead atoms. The number of halogens is 4. The number of benzene rings is 2. The molecule has 0 aromatic heterocycles. The SMILES string of the molecule is O=C(OCc1ccc(F)cc1)C1CCN(S(=O)(=O)c2cccc(C(F)(F)F)c2)CC1. The fraction of sp³-hybridized carbons (Fsp3) is 0.350. The van der Waals surface area contributed by atoms with Crippen molar-refractivity contribution >= 4 is 16.0 Å². The summed E-state index contributed by atoms with van der Waals surface area (Å²) in [7, 11) is -4.11. The standard InChI is InChI=1S/C20H19F4NO4S/c21-17-6-4-14(5-7-17)13-29-19(26)15-8-10-25(11-9-15)30(27,28)18-3-1-2-16(12-18)20(22,23)24/h1-7,12,15H,8-11,13H2. The number of piperidine rings is 1. The molecule has 1 heterocycles. The molecule has 0 N–H and O–H groups in total. The molecule has 0 atom stereocenters. The smallest absolute Gasteiger partial charge is 0.416 e. The first-order valence-electron chi connectivity index (χ1n) is 9.16. The lowest BCUT2D eigenvalue weighted by Crippen LogP contribution is -2.40. The Hall–Kier alpha value is -2.46. The van der Waals surface area contributed by atoms with Crippen molar-refractivity contribution in [2.24, 2.45) is 5.92 Å². The van der Waals surface area contributed by atoms with Crippen molar-refractivity contribution in [2.45, 2.75) is 30.5 Å². The van der Waals surface area contributed by atoms with Crippen LogP contribution in [0, 0.1) is 11.7 Å². The van der Waals surface area contributed by atoms with Crippen molar-refractivity contribution in [1.82, 2.24) is 4.31 Å². The third-order valence-corrected chi connectivity index (χ3v) is 6.78. The Morgan fingerprint density at radius 1 is 1.07 bits per heavy atom. The number of nitrogens with zero attached hydrogens (tertiary/aromatic N) is 1. The van der Waals surface area contributed by atoms with Gasteiger partial charge in [0.15, 0.2) is 0 Å². The number of hydrogen-bond acceptors (Lipinski definition) is 4. The van der Waals surface area contributed by atoms with E-state index in [1.165, 1.54) is 24.3 Å². The number of alkyl halides is 3. The first-order valence-corrected chi connectivity index (χ1v) is 10.6. The molecule has 0 unspecified atom stereocenters. The molecule has 30 heavy (non-hydrogen) atoms. The van der Waals surface area contributed by atoms with Gasteiger partial charge < -0.3 is 4.74 Å². The van der Waals surface area contributed by atoms with E-state index in [4.69, 9.17) is 4.74 Å². The average molecular weight is 445 g/mol. The lowest BCUT2D eigenvalue weighted by atomic mass is 9.98. The van der Waals surface area contributed by atoms with Gasteiger partial charge in [-0.25, -0.2) is 12.8 Å². The number of sulfonamides is 1. The van der Waals surface area contributed by atoms with Gasteiger partial charge >= 0.3 is 12.1 Å². The van der Waals surface area contributed by atoms with Gasteiger partial charge in [-0.2, -0.15) is 17.5 Å². The maximum Gasteiger partial charge on any atom is 0.416 e. The summed E-state index contributed by atoms with van der Waals surface area (Å²) in [4.78, 5) is 11.8. The summed E-state index contributed by atoms with van der Waals surface area (Å²) >= 11 is 0. The van der Waals surface area contributed by atoms with Gasteiger partial charge in [-0.15, -0.1) is 0 Å². The van der Waals surface area contributed by atoms with Crippen LogP contribution in [-0.2, 0) is 32.3 Å². The Morgan fingerprint density at radius 2 is 1.70 bits per heavy atom. The average Bonchev–Trinajstić information content (AvgIpc) is 2.72. The number of carbonyl (C=O) groups is 1. The fourth-order valence-electron chi connectivity index (χ4n) is 3.17. The van der Waals surface area contributed by atoms with Crippen molar-refractivity contribution < 1.29 is 35.5 Å². The van der Waals surface area contributed by atoms with E-state index in [0.717, 1.165) is 22.5 Å². The lowest BCUT2D eigenvalue weighted by Gasteiger charge is -2.30. The maximum absolute atomic E-state index is 12.9. The second-order valence-electron chi connectivity index (χ2n) is 6.94. The van der Waals surface area contributed by atoms with Gasteiger partial charge in [-0.3, -0.25) is 4.79 Å². The van der Waals surface area contributed by atoms with E-state index in [2.05, 4.69) is 0 Å². The zero-order chi connectivity index (χ0) is 21.9. The zero-order valence-electron chi connectivity index (χ0n) is 15.7. The van der Waals surface area contributed by atoms with Crippen LogP contribution >= 0.6 is 0 Å². The number of rotatable bonds is 5. The number of carbonyl (C=O) groups excluding carboxylic acids is 1. The maximum atomic E-state index is 12.9. The minimum Gasteiger partial charge on any atom is -0.461 e. The minimum absolute atomic E-state index is 0.00507. The quantitative estimate of drug-likeness (QED) is 0.516. The highest BCUT2D eigenvalue weighted by atomic mass is 32.2. The van der Waals surface area contributed by atoms with Crippen LogP contribution in [0.4, 0.5) is 17.6 Å². The molecule has 2 aromatic carbocycles. The first-order chi connectivity index (χ1) is 14.1. The zero-order valence-corrected chi connectivity index (χ0v) is 16.5. The summed E-state index contributed by atoms with van der Waals surface area (Å²) in [6, 6.07) is 9.07. The molecule has 162 valence electrons. The largest absolute Gasteiger partial charge is 0.461 e.